The summed E-state index contributed by atoms with van der Waals surface area (Å²) in [5.41, 5.74) is 7.25. The smallest absolute Gasteiger partial charge is 0.347 e. The predicted molar refractivity (Wildman–Crippen MR) is 73.1 cm³/mol. The number of hydrogen-bond donors (Lipinski definition) is 1. The second-order valence-corrected chi connectivity index (χ2v) is 4.20. The Labute approximate surface area is 114 Å². The van der Waals surface area contributed by atoms with Crippen molar-refractivity contribution in [3.05, 3.63) is 23.5 Å². The van der Waals surface area contributed by atoms with Crippen LogP contribution in [0.3, 0.4) is 0 Å². The Hall–Kier alpha value is -1.62. The minimum absolute atomic E-state index is 0.343. The van der Waals surface area contributed by atoms with Crippen molar-refractivity contribution in [1.29, 1.82) is 0 Å². The Morgan fingerprint density at radius 2 is 2.16 bits per heavy atom. The van der Waals surface area contributed by atoms with Crippen LogP contribution in [0.1, 0.15) is 31.7 Å². The topological polar surface area (TPSA) is 74.4 Å². The number of nitrogens with two attached hydrogens (primary N) is 1. The van der Waals surface area contributed by atoms with Crippen molar-refractivity contribution in [3.63, 3.8) is 0 Å². The van der Waals surface area contributed by atoms with E-state index >= 15 is 0 Å². The summed E-state index contributed by atoms with van der Waals surface area (Å²) in [5.74, 6) is 0.264. The van der Waals surface area contributed by atoms with E-state index in [1.165, 1.54) is 0 Å². The third kappa shape index (κ3) is 4.52. The van der Waals surface area contributed by atoms with Gasteiger partial charge in [0.1, 0.15) is 5.75 Å². The SMILES string of the molecule is CCOC(=O)C(CC)Oc1ccc(C)nc1CCN. The Bertz CT molecular complexity index is 421. The van der Waals surface area contributed by atoms with Gasteiger partial charge < -0.3 is 15.2 Å². The number of carbonyl (C=O) groups excluding carboxylic acids is 1. The fraction of sp³-hybridized carbons (Fsp3) is 0.571. The van der Waals surface area contributed by atoms with Crippen LogP contribution in [0.2, 0.25) is 0 Å². The number of aromatic nitrogens is 1. The van der Waals surface area contributed by atoms with Crippen LogP contribution in [0.25, 0.3) is 0 Å². The minimum atomic E-state index is -0.596. The van der Waals surface area contributed by atoms with Crippen LogP contribution in [0.5, 0.6) is 5.75 Å². The van der Waals surface area contributed by atoms with Crippen LogP contribution in [-0.2, 0) is 16.0 Å². The molecule has 1 aromatic rings. The molecule has 0 saturated heterocycles. The number of nitrogens with zero attached hydrogens (tertiary/aromatic N) is 1. The third-order valence-electron chi connectivity index (χ3n) is 2.64. The molecule has 5 heteroatoms. The van der Waals surface area contributed by atoms with Crippen molar-refractivity contribution >= 4 is 5.97 Å². The lowest BCUT2D eigenvalue weighted by atomic mass is 10.2. The van der Waals surface area contributed by atoms with Gasteiger partial charge in [0.05, 0.1) is 12.3 Å². The van der Waals surface area contributed by atoms with Gasteiger partial charge >= 0.3 is 5.97 Å². The number of rotatable bonds is 7. The Kier molecular flexibility index (Phi) is 6.29. The molecule has 0 spiro atoms. The molecule has 1 heterocycles. The van der Waals surface area contributed by atoms with Crippen LogP contribution in [-0.4, -0.2) is 30.2 Å². The molecule has 0 fully saturated rings. The van der Waals surface area contributed by atoms with Crippen molar-refractivity contribution in [1.82, 2.24) is 4.98 Å². The van der Waals surface area contributed by atoms with Crippen LogP contribution in [0, 0.1) is 6.92 Å². The van der Waals surface area contributed by atoms with Gasteiger partial charge in [0.25, 0.3) is 0 Å². The van der Waals surface area contributed by atoms with Crippen molar-refractivity contribution < 1.29 is 14.3 Å². The highest BCUT2D eigenvalue weighted by atomic mass is 16.6. The molecular formula is C14H22N2O3. The third-order valence-corrected chi connectivity index (χ3v) is 2.64. The highest BCUT2D eigenvalue weighted by molar-refractivity contribution is 5.75. The summed E-state index contributed by atoms with van der Waals surface area (Å²) in [6, 6.07) is 3.68. The second kappa shape index (κ2) is 7.74. The Morgan fingerprint density at radius 1 is 1.42 bits per heavy atom. The Morgan fingerprint density at radius 3 is 2.74 bits per heavy atom. The lowest BCUT2D eigenvalue weighted by Gasteiger charge is -2.18. The van der Waals surface area contributed by atoms with Crippen molar-refractivity contribution in [2.75, 3.05) is 13.2 Å². The normalized spacial score (nSPS) is 12.0. The first-order valence-electron chi connectivity index (χ1n) is 6.62. The fourth-order valence-electron chi connectivity index (χ4n) is 1.71. The van der Waals surface area contributed by atoms with Crippen LogP contribution in [0.4, 0.5) is 0 Å². The Balaban J connectivity index is 2.86. The number of hydrogen-bond acceptors (Lipinski definition) is 5. The molecule has 1 aromatic heterocycles. The molecule has 0 aromatic carbocycles. The van der Waals surface area contributed by atoms with Crippen LogP contribution >= 0.6 is 0 Å². The summed E-state index contributed by atoms with van der Waals surface area (Å²) < 4.78 is 10.7. The molecule has 5 nitrogen and oxygen atoms in total. The van der Waals surface area contributed by atoms with Crippen LogP contribution < -0.4 is 10.5 Å². The second-order valence-electron chi connectivity index (χ2n) is 4.20. The van der Waals surface area contributed by atoms with E-state index in [0.717, 1.165) is 11.4 Å². The number of aryl methyl sites for hydroxylation is 1. The average molecular weight is 266 g/mol. The maximum absolute atomic E-state index is 11.7. The van der Waals surface area contributed by atoms with Gasteiger partial charge in [-0.1, -0.05) is 6.92 Å². The standard InChI is InChI=1S/C14H22N2O3/c1-4-12(14(17)18-5-2)19-13-7-6-10(3)16-11(13)8-9-15/h6-7,12H,4-5,8-9,15H2,1-3H3. The summed E-state index contributed by atoms with van der Waals surface area (Å²) in [4.78, 5) is 16.1. The lowest BCUT2D eigenvalue weighted by Crippen LogP contribution is -2.29. The highest BCUT2D eigenvalue weighted by Crippen LogP contribution is 2.20. The van der Waals surface area contributed by atoms with E-state index in [1.54, 1.807) is 6.92 Å². The van der Waals surface area contributed by atoms with E-state index < -0.39 is 6.10 Å². The molecule has 0 saturated carbocycles. The highest BCUT2D eigenvalue weighted by Gasteiger charge is 2.21. The number of esters is 1. The van der Waals surface area contributed by atoms with Crippen LogP contribution in [0.15, 0.2) is 12.1 Å². The van der Waals surface area contributed by atoms with Crippen molar-refractivity contribution in [3.8, 4) is 5.75 Å². The van der Waals surface area contributed by atoms with Gasteiger partial charge in [-0.25, -0.2) is 4.79 Å². The molecule has 1 rings (SSSR count). The molecule has 0 amide bonds. The van der Waals surface area contributed by atoms with Gasteiger partial charge in [-0.2, -0.15) is 0 Å². The molecule has 0 aliphatic carbocycles. The molecule has 0 aliphatic rings. The van der Waals surface area contributed by atoms with Gasteiger partial charge in [-0.15, -0.1) is 0 Å². The molecule has 0 radical (unpaired) electrons. The zero-order valence-electron chi connectivity index (χ0n) is 11.8. The first kappa shape index (κ1) is 15.4. The molecule has 19 heavy (non-hydrogen) atoms. The number of pyridine rings is 1. The van der Waals surface area contributed by atoms with Crippen molar-refractivity contribution in [2.45, 2.75) is 39.7 Å². The number of carbonyl (C=O) groups is 1. The largest absolute Gasteiger partial charge is 0.477 e. The predicted octanol–water partition coefficient (Wildman–Crippen LogP) is 1.61. The number of ether oxygens (including phenoxy) is 2. The fourth-order valence-corrected chi connectivity index (χ4v) is 1.71. The molecule has 0 aliphatic heterocycles. The van der Waals surface area contributed by atoms with Gasteiger partial charge in [0.2, 0.25) is 0 Å². The summed E-state index contributed by atoms with van der Waals surface area (Å²) in [6.07, 6.45) is 0.575. The first-order valence-corrected chi connectivity index (χ1v) is 6.62. The quantitative estimate of drug-likeness (QED) is 0.759. The van der Waals surface area contributed by atoms with Gasteiger partial charge in [-0.05, 0) is 38.9 Å². The molecule has 1 unspecified atom stereocenters. The summed E-state index contributed by atoms with van der Waals surface area (Å²) in [6.45, 7) is 6.40. The first-order chi connectivity index (χ1) is 9.12. The molecule has 2 N–H and O–H groups in total. The van der Waals surface area contributed by atoms with E-state index in [-0.39, 0.29) is 5.97 Å². The average Bonchev–Trinajstić information content (AvgIpc) is 2.38. The van der Waals surface area contributed by atoms with E-state index in [0.29, 0.717) is 31.7 Å². The summed E-state index contributed by atoms with van der Waals surface area (Å²) in [5, 5.41) is 0. The van der Waals surface area contributed by atoms with Gasteiger partial charge in [0.15, 0.2) is 6.10 Å². The summed E-state index contributed by atoms with van der Waals surface area (Å²) >= 11 is 0. The zero-order chi connectivity index (χ0) is 14.3. The van der Waals surface area contributed by atoms with E-state index in [4.69, 9.17) is 15.2 Å². The van der Waals surface area contributed by atoms with E-state index in [2.05, 4.69) is 4.98 Å². The zero-order valence-corrected chi connectivity index (χ0v) is 11.8. The van der Waals surface area contributed by atoms with Gasteiger partial charge in [-0.3, -0.25) is 4.98 Å². The minimum Gasteiger partial charge on any atom is -0.477 e. The van der Waals surface area contributed by atoms with Crippen molar-refractivity contribution in [2.24, 2.45) is 5.73 Å². The molecule has 0 bridgehead atoms. The van der Waals surface area contributed by atoms with Gasteiger partial charge in [0, 0.05) is 12.1 Å². The molecule has 1 atom stereocenters. The van der Waals surface area contributed by atoms with E-state index in [9.17, 15) is 4.79 Å². The summed E-state index contributed by atoms with van der Waals surface area (Å²) in [7, 11) is 0. The maximum atomic E-state index is 11.7. The van der Waals surface area contributed by atoms with E-state index in [1.807, 2.05) is 26.0 Å². The maximum Gasteiger partial charge on any atom is 0.347 e. The molecular weight excluding hydrogens is 244 g/mol. The lowest BCUT2D eigenvalue weighted by molar-refractivity contribution is -0.151. The monoisotopic (exact) mass is 266 g/mol. The molecule has 106 valence electrons.